The Labute approximate surface area is 102 Å². The van der Waals surface area contributed by atoms with Crippen molar-refractivity contribution in [3.05, 3.63) is 41.3 Å². The van der Waals surface area contributed by atoms with Gasteiger partial charge in [-0.25, -0.2) is 4.79 Å². The molecule has 0 aliphatic rings. The van der Waals surface area contributed by atoms with Crippen molar-refractivity contribution in [2.75, 3.05) is 6.26 Å². The van der Waals surface area contributed by atoms with Gasteiger partial charge >= 0.3 is 5.97 Å². The van der Waals surface area contributed by atoms with E-state index in [2.05, 4.69) is 0 Å². The van der Waals surface area contributed by atoms with Crippen molar-refractivity contribution in [1.29, 1.82) is 0 Å². The van der Waals surface area contributed by atoms with Gasteiger partial charge in [0.15, 0.2) is 0 Å². The van der Waals surface area contributed by atoms with Gasteiger partial charge in [-0.05, 0) is 24.5 Å². The van der Waals surface area contributed by atoms with E-state index in [-0.39, 0.29) is 0 Å². The first-order valence-electron chi connectivity index (χ1n) is 4.69. The molecular formula is C12H10O2S2. The average Bonchev–Trinajstić information content (AvgIpc) is 2.78. The van der Waals surface area contributed by atoms with E-state index in [1.807, 2.05) is 36.6 Å². The molecule has 0 aliphatic heterocycles. The van der Waals surface area contributed by atoms with Gasteiger partial charge < -0.3 is 5.11 Å². The molecular weight excluding hydrogens is 240 g/mol. The van der Waals surface area contributed by atoms with Gasteiger partial charge in [-0.3, -0.25) is 0 Å². The van der Waals surface area contributed by atoms with Crippen LogP contribution in [0, 0.1) is 0 Å². The van der Waals surface area contributed by atoms with Crippen LogP contribution >= 0.6 is 23.1 Å². The fraction of sp³-hybridized carbons (Fsp3) is 0.0833. The topological polar surface area (TPSA) is 37.3 Å². The van der Waals surface area contributed by atoms with Crippen molar-refractivity contribution in [2.45, 2.75) is 4.90 Å². The van der Waals surface area contributed by atoms with E-state index in [1.165, 1.54) is 16.2 Å². The molecule has 0 fully saturated rings. The maximum Gasteiger partial charge on any atom is 0.345 e. The third-order valence-corrected chi connectivity index (χ3v) is 4.09. The van der Waals surface area contributed by atoms with E-state index in [0.29, 0.717) is 4.88 Å². The molecule has 82 valence electrons. The maximum atomic E-state index is 10.8. The summed E-state index contributed by atoms with van der Waals surface area (Å²) in [5, 5.41) is 8.88. The van der Waals surface area contributed by atoms with E-state index >= 15 is 0 Å². The van der Waals surface area contributed by atoms with Crippen LogP contribution in [0.3, 0.4) is 0 Å². The van der Waals surface area contributed by atoms with Crippen molar-refractivity contribution in [3.8, 4) is 10.4 Å². The number of thiophene rings is 1. The number of carboxylic acids is 1. The first-order chi connectivity index (χ1) is 7.72. The van der Waals surface area contributed by atoms with Gasteiger partial charge in [0.1, 0.15) is 4.88 Å². The smallest absolute Gasteiger partial charge is 0.345 e. The van der Waals surface area contributed by atoms with Gasteiger partial charge in [0.2, 0.25) is 0 Å². The largest absolute Gasteiger partial charge is 0.477 e. The van der Waals surface area contributed by atoms with Gasteiger partial charge in [0.25, 0.3) is 0 Å². The fourth-order valence-electron chi connectivity index (χ4n) is 1.45. The zero-order chi connectivity index (χ0) is 11.5. The summed E-state index contributed by atoms with van der Waals surface area (Å²) in [7, 11) is 0. The number of benzene rings is 1. The van der Waals surface area contributed by atoms with Crippen LogP contribution in [0.25, 0.3) is 10.4 Å². The Kier molecular flexibility index (Phi) is 3.31. The molecule has 0 spiro atoms. The molecule has 2 rings (SSSR count). The summed E-state index contributed by atoms with van der Waals surface area (Å²) in [6.45, 7) is 0. The Morgan fingerprint density at radius 3 is 2.62 bits per heavy atom. The summed E-state index contributed by atoms with van der Waals surface area (Å²) in [5.74, 6) is -0.863. The summed E-state index contributed by atoms with van der Waals surface area (Å²) in [4.78, 5) is 13.4. The lowest BCUT2D eigenvalue weighted by atomic mass is 10.2. The minimum absolute atomic E-state index is 0.380. The number of rotatable bonds is 3. The molecule has 0 aliphatic carbocycles. The van der Waals surface area contributed by atoms with Crippen LogP contribution in [0.15, 0.2) is 41.3 Å². The molecule has 16 heavy (non-hydrogen) atoms. The molecule has 0 radical (unpaired) electrons. The average molecular weight is 250 g/mol. The summed E-state index contributed by atoms with van der Waals surface area (Å²) in [6.07, 6.45) is 2.02. The van der Waals surface area contributed by atoms with Gasteiger partial charge in [0, 0.05) is 15.3 Å². The minimum Gasteiger partial charge on any atom is -0.477 e. The molecule has 0 saturated heterocycles. The van der Waals surface area contributed by atoms with Crippen molar-refractivity contribution >= 4 is 29.1 Å². The summed E-state index contributed by atoms with van der Waals surface area (Å²) < 4.78 is 0. The normalized spacial score (nSPS) is 10.3. The third kappa shape index (κ3) is 2.13. The van der Waals surface area contributed by atoms with Crippen LogP contribution in [-0.4, -0.2) is 17.3 Å². The highest BCUT2D eigenvalue weighted by Crippen LogP contribution is 2.34. The van der Waals surface area contributed by atoms with Crippen molar-refractivity contribution in [2.24, 2.45) is 0 Å². The van der Waals surface area contributed by atoms with E-state index in [4.69, 9.17) is 5.11 Å². The Bertz CT molecular complexity index is 517. The highest BCUT2D eigenvalue weighted by Gasteiger charge is 2.10. The number of hydrogen-bond acceptors (Lipinski definition) is 3. The lowest BCUT2D eigenvalue weighted by molar-refractivity contribution is 0.0702. The van der Waals surface area contributed by atoms with Crippen LogP contribution in [-0.2, 0) is 0 Å². The first kappa shape index (κ1) is 11.2. The van der Waals surface area contributed by atoms with E-state index < -0.39 is 5.97 Å². The summed E-state index contributed by atoms with van der Waals surface area (Å²) in [6, 6.07) is 11.5. The van der Waals surface area contributed by atoms with Crippen molar-refractivity contribution < 1.29 is 9.90 Å². The lowest BCUT2D eigenvalue weighted by Gasteiger charge is -2.03. The molecule has 1 heterocycles. The van der Waals surface area contributed by atoms with Gasteiger partial charge in [-0.2, -0.15) is 0 Å². The zero-order valence-electron chi connectivity index (χ0n) is 8.64. The predicted molar refractivity (Wildman–Crippen MR) is 68.5 cm³/mol. The summed E-state index contributed by atoms with van der Waals surface area (Å²) in [5.41, 5.74) is 1.10. The number of hydrogen-bond donors (Lipinski definition) is 1. The number of thioether (sulfide) groups is 1. The highest BCUT2D eigenvalue weighted by atomic mass is 32.2. The van der Waals surface area contributed by atoms with Crippen LogP contribution in [0.2, 0.25) is 0 Å². The van der Waals surface area contributed by atoms with Crippen LogP contribution < -0.4 is 0 Å². The third-order valence-electron chi connectivity index (χ3n) is 2.19. The fourth-order valence-corrected chi connectivity index (χ4v) is 3.01. The van der Waals surface area contributed by atoms with Gasteiger partial charge in [-0.15, -0.1) is 23.1 Å². The Morgan fingerprint density at radius 1 is 1.25 bits per heavy atom. The second-order valence-corrected chi connectivity index (χ2v) is 5.10. The van der Waals surface area contributed by atoms with Crippen molar-refractivity contribution in [1.82, 2.24) is 0 Å². The van der Waals surface area contributed by atoms with Crippen LogP contribution in [0.1, 0.15) is 9.67 Å². The number of carbonyl (C=O) groups is 1. The molecule has 1 aromatic heterocycles. The van der Waals surface area contributed by atoms with E-state index in [1.54, 1.807) is 17.8 Å². The second kappa shape index (κ2) is 4.72. The lowest BCUT2D eigenvalue weighted by Crippen LogP contribution is -1.89. The first-order valence-corrected chi connectivity index (χ1v) is 6.73. The number of aromatic carboxylic acids is 1. The quantitative estimate of drug-likeness (QED) is 0.841. The minimum atomic E-state index is -0.863. The molecule has 1 N–H and O–H groups in total. The zero-order valence-corrected chi connectivity index (χ0v) is 10.3. The molecule has 0 saturated carbocycles. The molecule has 2 nitrogen and oxygen atoms in total. The second-order valence-electron chi connectivity index (χ2n) is 3.17. The Hall–Kier alpha value is -1.26. The molecule has 0 bridgehead atoms. The Balaban J connectivity index is 2.46. The predicted octanol–water partition coefficient (Wildman–Crippen LogP) is 3.84. The van der Waals surface area contributed by atoms with Gasteiger partial charge in [-0.1, -0.05) is 18.2 Å². The monoisotopic (exact) mass is 250 g/mol. The molecule has 0 atom stereocenters. The molecule has 4 heteroatoms. The maximum absolute atomic E-state index is 10.8. The van der Waals surface area contributed by atoms with Crippen molar-refractivity contribution in [3.63, 3.8) is 0 Å². The molecule has 2 aromatic rings. The Morgan fingerprint density at radius 2 is 2.00 bits per heavy atom. The molecule has 0 unspecified atom stereocenters. The van der Waals surface area contributed by atoms with Crippen LogP contribution in [0.4, 0.5) is 0 Å². The van der Waals surface area contributed by atoms with E-state index in [0.717, 1.165) is 10.4 Å². The van der Waals surface area contributed by atoms with Crippen LogP contribution in [0.5, 0.6) is 0 Å². The summed E-state index contributed by atoms with van der Waals surface area (Å²) >= 11 is 2.98. The highest BCUT2D eigenvalue weighted by molar-refractivity contribution is 7.98. The number of carboxylic acid groups (broad SMARTS) is 1. The van der Waals surface area contributed by atoms with Gasteiger partial charge in [0.05, 0.1) is 0 Å². The molecule has 0 amide bonds. The van der Waals surface area contributed by atoms with E-state index in [9.17, 15) is 4.79 Å². The SMILES string of the molecule is CSc1ccccc1-c1ccc(C(=O)O)s1. The molecule has 1 aromatic carbocycles. The standard InChI is InChI=1S/C12H10O2S2/c1-15-9-5-3-2-4-8(9)10-6-7-11(16-10)12(13)14/h2-7H,1H3,(H,13,14).